The molecule has 0 radical (unpaired) electrons. The standard InChI is InChI=1S/C10H7ClF2O/c11-9-8(12)3-5-1-2-6(14)4-7(5)10(9)13/h3H,1-2,4H2. The monoisotopic (exact) mass is 216 g/mol. The summed E-state index contributed by atoms with van der Waals surface area (Å²) in [6.07, 6.45) is 0.786. The molecular formula is C10H7ClF2O. The second-order valence-corrected chi connectivity index (χ2v) is 3.72. The van der Waals surface area contributed by atoms with Crippen molar-refractivity contribution in [3.8, 4) is 0 Å². The molecule has 1 aliphatic rings. The highest BCUT2D eigenvalue weighted by Crippen LogP contribution is 2.29. The molecule has 1 aliphatic carbocycles. The summed E-state index contributed by atoms with van der Waals surface area (Å²) in [7, 11) is 0. The third-order valence-corrected chi connectivity index (χ3v) is 2.75. The van der Waals surface area contributed by atoms with Gasteiger partial charge in [0.05, 0.1) is 0 Å². The predicted molar refractivity (Wildman–Crippen MR) is 48.4 cm³/mol. The van der Waals surface area contributed by atoms with Gasteiger partial charge in [0.1, 0.15) is 22.4 Å². The number of benzene rings is 1. The summed E-state index contributed by atoms with van der Waals surface area (Å²) in [6, 6.07) is 1.22. The molecule has 0 bridgehead atoms. The van der Waals surface area contributed by atoms with Crippen LogP contribution in [0.25, 0.3) is 0 Å². The van der Waals surface area contributed by atoms with Gasteiger partial charge in [-0.25, -0.2) is 8.78 Å². The maximum atomic E-state index is 13.4. The Labute approximate surface area is 84.7 Å². The Hall–Kier alpha value is -0.960. The van der Waals surface area contributed by atoms with Crippen LogP contribution in [0.3, 0.4) is 0 Å². The van der Waals surface area contributed by atoms with Gasteiger partial charge >= 0.3 is 0 Å². The highest BCUT2D eigenvalue weighted by atomic mass is 35.5. The third-order valence-electron chi connectivity index (χ3n) is 2.40. The highest BCUT2D eigenvalue weighted by molar-refractivity contribution is 6.31. The molecule has 14 heavy (non-hydrogen) atoms. The number of aryl methyl sites for hydroxylation is 1. The number of Topliss-reactive ketones (excluding diaryl/α,β-unsaturated/α-hetero) is 1. The van der Waals surface area contributed by atoms with Crippen molar-refractivity contribution in [3.63, 3.8) is 0 Å². The molecule has 2 rings (SSSR count). The Morgan fingerprint density at radius 3 is 2.71 bits per heavy atom. The van der Waals surface area contributed by atoms with Crippen LogP contribution in [-0.2, 0) is 17.6 Å². The van der Waals surface area contributed by atoms with Crippen LogP contribution in [0.4, 0.5) is 8.78 Å². The van der Waals surface area contributed by atoms with Crippen molar-refractivity contribution in [1.29, 1.82) is 0 Å². The van der Waals surface area contributed by atoms with Crippen LogP contribution in [0.15, 0.2) is 6.07 Å². The number of halogens is 3. The number of fused-ring (bicyclic) bond motifs is 1. The summed E-state index contributed by atoms with van der Waals surface area (Å²) < 4.78 is 26.4. The SMILES string of the molecule is O=C1CCc2cc(F)c(Cl)c(F)c2C1. The first-order chi connectivity index (χ1) is 6.59. The van der Waals surface area contributed by atoms with Crippen LogP contribution >= 0.6 is 11.6 Å². The smallest absolute Gasteiger partial charge is 0.148 e. The first kappa shape index (κ1) is 9.59. The molecule has 1 aromatic rings. The van der Waals surface area contributed by atoms with Gasteiger partial charge in [-0.2, -0.15) is 0 Å². The van der Waals surface area contributed by atoms with E-state index in [0.29, 0.717) is 18.4 Å². The fourth-order valence-electron chi connectivity index (χ4n) is 1.66. The molecule has 0 saturated heterocycles. The lowest BCUT2D eigenvalue weighted by Crippen LogP contribution is -2.15. The maximum absolute atomic E-state index is 13.4. The third kappa shape index (κ3) is 1.42. The molecule has 0 N–H and O–H groups in total. The van der Waals surface area contributed by atoms with E-state index in [-0.39, 0.29) is 17.8 Å². The molecule has 0 spiro atoms. The lowest BCUT2D eigenvalue weighted by Gasteiger charge is -2.16. The molecule has 0 atom stereocenters. The van der Waals surface area contributed by atoms with Gasteiger partial charge in [-0.05, 0) is 18.1 Å². The fraction of sp³-hybridized carbons (Fsp3) is 0.300. The molecule has 1 aromatic carbocycles. The molecule has 0 saturated carbocycles. The number of hydrogen-bond acceptors (Lipinski definition) is 1. The Kier molecular flexibility index (Phi) is 2.27. The zero-order valence-electron chi connectivity index (χ0n) is 7.24. The van der Waals surface area contributed by atoms with E-state index in [4.69, 9.17) is 11.6 Å². The van der Waals surface area contributed by atoms with Crippen LogP contribution in [0.1, 0.15) is 17.5 Å². The van der Waals surface area contributed by atoms with Gasteiger partial charge in [0.15, 0.2) is 0 Å². The van der Waals surface area contributed by atoms with E-state index in [0.717, 1.165) is 0 Å². The van der Waals surface area contributed by atoms with Crippen LogP contribution in [-0.4, -0.2) is 5.78 Å². The van der Waals surface area contributed by atoms with Gasteiger partial charge in [0.25, 0.3) is 0 Å². The molecule has 0 amide bonds. The average Bonchev–Trinajstić information content (AvgIpc) is 2.16. The van der Waals surface area contributed by atoms with E-state index in [9.17, 15) is 13.6 Å². The van der Waals surface area contributed by atoms with Crippen LogP contribution in [0.2, 0.25) is 5.02 Å². The van der Waals surface area contributed by atoms with Crippen LogP contribution in [0, 0.1) is 11.6 Å². The lowest BCUT2D eigenvalue weighted by molar-refractivity contribution is -0.118. The van der Waals surface area contributed by atoms with Crippen molar-refractivity contribution in [2.45, 2.75) is 19.3 Å². The van der Waals surface area contributed by atoms with Gasteiger partial charge in [-0.1, -0.05) is 11.6 Å². The average molecular weight is 217 g/mol. The van der Waals surface area contributed by atoms with Gasteiger partial charge in [0, 0.05) is 18.4 Å². The molecule has 0 aromatic heterocycles. The van der Waals surface area contributed by atoms with E-state index >= 15 is 0 Å². The number of rotatable bonds is 0. The molecular weight excluding hydrogens is 210 g/mol. The molecule has 0 heterocycles. The van der Waals surface area contributed by atoms with E-state index in [2.05, 4.69) is 0 Å². The summed E-state index contributed by atoms with van der Waals surface area (Å²) in [5.74, 6) is -1.56. The van der Waals surface area contributed by atoms with E-state index < -0.39 is 16.7 Å². The molecule has 0 aliphatic heterocycles. The Morgan fingerprint density at radius 1 is 1.29 bits per heavy atom. The van der Waals surface area contributed by atoms with E-state index in [1.807, 2.05) is 0 Å². The van der Waals surface area contributed by atoms with Crippen molar-refractivity contribution in [2.24, 2.45) is 0 Å². The molecule has 74 valence electrons. The first-order valence-corrected chi connectivity index (χ1v) is 4.64. The summed E-state index contributed by atoms with van der Waals surface area (Å²) in [5, 5.41) is -0.515. The van der Waals surface area contributed by atoms with Crippen molar-refractivity contribution in [2.75, 3.05) is 0 Å². The first-order valence-electron chi connectivity index (χ1n) is 4.26. The Balaban J connectivity index is 2.60. The Morgan fingerprint density at radius 2 is 2.00 bits per heavy atom. The minimum absolute atomic E-state index is 0.0286. The molecule has 0 fully saturated rings. The van der Waals surface area contributed by atoms with Crippen molar-refractivity contribution < 1.29 is 13.6 Å². The number of carbonyl (C=O) groups is 1. The zero-order valence-corrected chi connectivity index (χ0v) is 8.00. The zero-order chi connectivity index (χ0) is 10.3. The fourth-order valence-corrected chi connectivity index (χ4v) is 1.82. The van der Waals surface area contributed by atoms with E-state index in [1.165, 1.54) is 6.07 Å². The van der Waals surface area contributed by atoms with Gasteiger partial charge < -0.3 is 0 Å². The summed E-state index contributed by atoms with van der Waals surface area (Å²) >= 11 is 5.40. The van der Waals surface area contributed by atoms with Crippen molar-refractivity contribution in [3.05, 3.63) is 33.9 Å². The second kappa shape index (κ2) is 3.31. The second-order valence-electron chi connectivity index (χ2n) is 3.34. The highest BCUT2D eigenvalue weighted by Gasteiger charge is 2.23. The van der Waals surface area contributed by atoms with Gasteiger partial charge in [-0.15, -0.1) is 0 Å². The largest absolute Gasteiger partial charge is 0.299 e. The normalized spacial score (nSPS) is 15.5. The van der Waals surface area contributed by atoms with E-state index in [1.54, 1.807) is 0 Å². The summed E-state index contributed by atoms with van der Waals surface area (Å²) in [4.78, 5) is 11.1. The van der Waals surface area contributed by atoms with Gasteiger partial charge in [0.2, 0.25) is 0 Å². The summed E-state index contributed by atoms with van der Waals surface area (Å²) in [5.41, 5.74) is 0.816. The topological polar surface area (TPSA) is 17.1 Å². The minimum atomic E-state index is -0.783. The van der Waals surface area contributed by atoms with Crippen molar-refractivity contribution in [1.82, 2.24) is 0 Å². The predicted octanol–water partition coefficient (Wildman–Crippen LogP) is 2.68. The number of ketones is 1. The number of hydrogen-bond donors (Lipinski definition) is 0. The molecule has 1 nitrogen and oxygen atoms in total. The quantitative estimate of drug-likeness (QED) is 0.610. The molecule has 0 unspecified atom stereocenters. The van der Waals surface area contributed by atoms with Gasteiger partial charge in [-0.3, -0.25) is 4.79 Å². The van der Waals surface area contributed by atoms with Crippen LogP contribution in [0.5, 0.6) is 0 Å². The number of carbonyl (C=O) groups excluding carboxylic acids is 1. The van der Waals surface area contributed by atoms with Crippen molar-refractivity contribution >= 4 is 17.4 Å². The maximum Gasteiger partial charge on any atom is 0.148 e. The summed E-state index contributed by atoms with van der Waals surface area (Å²) in [6.45, 7) is 0. The molecule has 4 heteroatoms. The lowest BCUT2D eigenvalue weighted by atomic mass is 9.90. The van der Waals surface area contributed by atoms with Crippen LogP contribution < -0.4 is 0 Å². The minimum Gasteiger partial charge on any atom is -0.299 e. The Bertz CT molecular complexity index is 415.